The summed E-state index contributed by atoms with van der Waals surface area (Å²) in [5.74, 6) is 0.578. The number of ether oxygens (including phenoxy) is 1. The van der Waals surface area contributed by atoms with Crippen molar-refractivity contribution in [3.8, 4) is 0 Å². The molecule has 0 spiro atoms. The number of rotatable bonds is 3. The minimum atomic E-state index is -0.246. The largest absolute Gasteiger partial charge is 0.462 e. The van der Waals surface area contributed by atoms with Crippen LogP contribution in [0.2, 0.25) is 0 Å². The summed E-state index contributed by atoms with van der Waals surface area (Å²) in [7, 11) is 0. The zero-order chi connectivity index (χ0) is 17.4. The molecular formula is C22H23NO2. The molecule has 0 radical (unpaired) electrons. The summed E-state index contributed by atoms with van der Waals surface area (Å²) in [4.78, 5) is 12.1. The van der Waals surface area contributed by atoms with E-state index in [1.807, 2.05) is 25.1 Å². The summed E-state index contributed by atoms with van der Waals surface area (Å²) in [6.45, 7) is 4.35. The summed E-state index contributed by atoms with van der Waals surface area (Å²) in [6.07, 6.45) is 5.62. The van der Waals surface area contributed by atoms with Crippen molar-refractivity contribution in [3.63, 3.8) is 0 Å². The highest BCUT2D eigenvalue weighted by Gasteiger charge is 2.38. The molecular weight excluding hydrogens is 310 g/mol. The van der Waals surface area contributed by atoms with Crippen molar-refractivity contribution in [1.29, 1.82) is 0 Å². The Morgan fingerprint density at radius 3 is 2.76 bits per heavy atom. The number of aryl methyl sites for hydroxylation is 1. The lowest BCUT2D eigenvalue weighted by atomic mass is 9.76. The van der Waals surface area contributed by atoms with Gasteiger partial charge in [-0.3, -0.25) is 0 Å². The number of anilines is 1. The number of benzene rings is 2. The Hall–Kier alpha value is -2.55. The zero-order valence-corrected chi connectivity index (χ0v) is 14.7. The Morgan fingerprint density at radius 2 is 2.00 bits per heavy atom. The first kappa shape index (κ1) is 15.9. The third-order valence-corrected chi connectivity index (χ3v) is 5.31. The quantitative estimate of drug-likeness (QED) is 0.634. The van der Waals surface area contributed by atoms with E-state index in [0.29, 0.717) is 30.0 Å². The summed E-state index contributed by atoms with van der Waals surface area (Å²) in [5, 5.41) is 3.71. The molecule has 4 rings (SSSR count). The Kier molecular flexibility index (Phi) is 4.08. The van der Waals surface area contributed by atoms with Gasteiger partial charge < -0.3 is 10.1 Å². The SMILES string of the molecule is CCOC(=O)c1ccc2c(c1)C1C=CCC1[C@@H](c1ccc(C)cc1)N2. The number of nitrogens with one attached hydrogen (secondary N) is 1. The fourth-order valence-electron chi connectivity index (χ4n) is 4.04. The maximum Gasteiger partial charge on any atom is 0.338 e. The predicted octanol–water partition coefficient (Wildman–Crippen LogP) is 5.00. The molecule has 0 bridgehead atoms. The van der Waals surface area contributed by atoms with Crippen molar-refractivity contribution in [2.45, 2.75) is 32.2 Å². The van der Waals surface area contributed by atoms with Gasteiger partial charge in [0.2, 0.25) is 0 Å². The molecule has 3 atom stereocenters. The van der Waals surface area contributed by atoms with E-state index in [1.165, 1.54) is 16.7 Å². The number of esters is 1. The Labute approximate surface area is 148 Å². The van der Waals surface area contributed by atoms with Crippen LogP contribution in [0, 0.1) is 12.8 Å². The Morgan fingerprint density at radius 1 is 1.20 bits per heavy atom. The van der Waals surface area contributed by atoms with Crippen molar-refractivity contribution in [2.75, 3.05) is 11.9 Å². The van der Waals surface area contributed by atoms with Crippen LogP contribution in [-0.2, 0) is 4.74 Å². The smallest absolute Gasteiger partial charge is 0.338 e. The van der Waals surface area contributed by atoms with Crippen molar-refractivity contribution in [2.24, 2.45) is 5.92 Å². The summed E-state index contributed by atoms with van der Waals surface area (Å²) in [5.41, 5.74) is 5.55. The van der Waals surface area contributed by atoms with E-state index in [-0.39, 0.29) is 5.97 Å². The van der Waals surface area contributed by atoms with Crippen LogP contribution in [0.3, 0.4) is 0 Å². The van der Waals surface area contributed by atoms with Gasteiger partial charge in [0.15, 0.2) is 0 Å². The first-order valence-corrected chi connectivity index (χ1v) is 8.98. The van der Waals surface area contributed by atoms with E-state index in [1.54, 1.807) is 0 Å². The predicted molar refractivity (Wildman–Crippen MR) is 99.9 cm³/mol. The second kappa shape index (κ2) is 6.40. The molecule has 0 fully saturated rings. The van der Waals surface area contributed by atoms with Gasteiger partial charge >= 0.3 is 5.97 Å². The molecule has 1 N–H and O–H groups in total. The van der Waals surface area contributed by atoms with Gasteiger partial charge in [-0.15, -0.1) is 0 Å². The van der Waals surface area contributed by atoms with Crippen LogP contribution >= 0.6 is 0 Å². The van der Waals surface area contributed by atoms with E-state index in [4.69, 9.17) is 4.74 Å². The third-order valence-electron chi connectivity index (χ3n) is 5.31. The molecule has 25 heavy (non-hydrogen) atoms. The lowest BCUT2D eigenvalue weighted by Gasteiger charge is -2.37. The standard InChI is InChI=1S/C22H23NO2/c1-3-25-22(24)16-11-12-20-19(13-16)17-5-4-6-18(17)21(23-20)15-9-7-14(2)8-10-15/h4-5,7-13,17-18,21,23H,3,6H2,1-2H3/t17?,18?,21-/m1/s1. The fraction of sp³-hybridized carbons (Fsp3) is 0.318. The highest BCUT2D eigenvalue weighted by molar-refractivity contribution is 5.90. The van der Waals surface area contributed by atoms with Crippen LogP contribution in [0.25, 0.3) is 0 Å². The van der Waals surface area contributed by atoms with Gasteiger partial charge in [0.1, 0.15) is 0 Å². The monoisotopic (exact) mass is 333 g/mol. The topological polar surface area (TPSA) is 38.3 Å². The number of allylic oxidation sites excluding steroid dienone is 2. The van der Waals surface area contributed by atoms with Crippen LogP contribution in [-0.4, -0.2) is 12.6 Å². The minimum absolute atomic E-state index is 0.246. The molecule has 0 saturated heterocycles. The lowest BCUT2D eigenvalue weighted by Crippen LogP contribution is -2.29. The van der Waals surface area contributed by atoms with Gasteiger partial charge in [-0.25, -0.2) is 4.79 Å². The lowest BCUT2D eigenvalue weighted by molar-refractivity contribution is 0.0526. The van der Waals surface area contributed by atoms with E-state index >= 15 is 0 Å². The van der Waals surface area contributed by atoms with Crippen molar-refractivity contribution < 1.29 is 9.53 Å². The van der Waals surface area contributed by atoms with Gasteiger partial charge in [-0.05, 0) is 55.5 Å². The molecule has 1 heterocycles. The number of carbonyl (C=O) groups is 1. The van der Waals surface area contributed by atoms with Gasteiger partial charge in [0.25, 0.3) is 0 Å². The number of hydrogen-bond acceptors (Lipinski definition) is 3. The zero-order valence-electron chi connectivity index (χ0n) is 14.7. The maximum absolute atomic E-state index is 12.1. The molecule has 0 aromatic heterocycles. The second-order valence-electron chi connectivity index (χ2n) is 6.91. The van der Waals surface area contributed by atoms with E-state index < -0.39 is 0 Å². The molecule has 0 amide bonds. The molecule has 3 heteroatoms. The average Bonchev–Trinajstić information content (AvgIpc) is 3.11. The van der Waals surface area contributed by atoms with Gasteiger partial charge in [0, 0.05) is 11.6 Å². The molecule has 2 aromatic rings. The maximum atomic E-state index is 12.1. The summed E-state index contributed by atoms with van der Waals surface area (Å²) >= 11 is 0. The van der Waals surface area contributed by atoms with Crippen molar-refractivity contribution >= 4 is 11.7 Å². The molecule has 2 aliphatic rings. The molecule has 128 valence electrons. The van der Waals surface area contributed by atoms with Crippen molar-refractivity contribution in [3.05, 3.63) is 76.9 Å². The van der Waals surface area contributed by atoms with E-state index in [0.717, 1.165) is 12.1 Å². The van der Waals surface area contributed by atoms with Gasteiger partial charge in [-0.1, -0.05) is 42.0 Å². The van der Waals surface area contributed by atoms with Gasteiger partial charge in [0.05, 0.1) is 18.2 Å². The summed E-state index contributed by atoms with van der Waals surface area (Å²) < 4.78 is 5.15. The van der Waals surface area contributed by atoms with Gasteiger partial charge in [-0.2, -0.15) is 0 Å². The normalized spacial score (nSPS) is 23.5. The molecule has 2 unspecified atom stereocenters. The fourth-order valence-corrected chi connectivity index (χ4v) is 4.04. The molecule has 2 aromatic carbocycles. The van der Waals surface area contributed by atoms with E-state index in [2.05, 4.69) is 48.7 Å². The van der Waals surface area contributed by atoms with Crippen molar-refractivity contribution in [1.82, 2.24) is 0 Å². The highest BCUT2D eigenvalue weighted by atomic mass is 16.5. The number of fused-ring (bicyclic) bond motifs is 3. The summed E-state index contributed by atoms with van der Waals surface area (Å²) in [6, 6.07) is 15.0. The number of carbonyl (C=O) groups excluding carboxylic acids is 1. The molecule has 1 aliphatic carbocycles. The molecule has 1 aliphatic heterocycles. The first-order valence-electron chi connectivity index (χ1n) is 8.98. The Bertz CT molecular complexity index is 822. The van der Waals surface area contributed by atoms with E-state index in [9.17, 15) is 4.79 Å². The van der Waals surface area contributed by atoms with Crippen LogP contribution in [0.1, 0.15) is 52.4 Å². The van der Waals surface area contributed by atoms with Crippen LogP contribution in [0.4, 0.5) is 5.69 Å². The second-order valence-corrected chi connectivity index (χ2v) is 6.91. The molecule has 3 nitrogen and oxygen atoms in total. The third kappa shape index (κ3) is 2.84. The van der Waals surface area contributed by atoms with Crippen LogP contribution < -0.4 is 5.32 Å². The van der Waals surface area contributed by atoms with Crippen LogP contribution in [0.5, 0.6) is 0 Å². The molecule has 0 saturated carbocycles. The first-order chi connectivity index (χ1) is 12.2. The average molecular weight is 333 g/mol. The minimum Gasteiger partial charge on any atom is -0.462 e. The number of hydrogen-bond donors (Lipinski definition) is 1. The van der Waals surface area contributed by atoms with Crippen LogP contribution in [0.15, 0.2) is 54.6 Å². The Balaban J connectivity index is 1.71. The highest BCUT2D eigenvalue weighted by Crippen LogP contribution is 2.49.